The number of thiophene rings is 1. The van der Waals surface area contributed by atoms with Crippen LogP contribution in [-0.2, 0) is 0 Å². The lowest BCUT2D eigenvalue weighted by Crippen LogP contribution is -2.10. The van der Waals surface area contributed by atoms with E-state index in [-0.39, 0.29) is 0 Å². The number of rotatable bonds is 7. The van der Waals surface area contributed by atoms with Crippen LogP contribution in [0.3, 0.4) is 0 Å². The van der Waals surface area contributed by atoms with Gasteiger partial charge in [-0.05, 0) is 107 Å². The van der Waals surface area contributed by atoms with E-state index in [1.165, 1.54) is 53.1 Å². The lowest BCUT2D eigenvalue weighted by Gasteiger charge is -2.26. The van der Waals surface area contributed by atoms with Gasteiger partial charge in [-0.25, -0.2) is 0 Å². The summed E-state index contributed by atoms with van der Waals surface area (Å²) in [6.07, 6.45) is 0. The number of benzene rings is 10. The minimum atomic E-state index is 0.890. The summed E-state index contributed by atoms with van der Waals surface area (Å²) in [6.45, 7) is 0. The zero-order chi connectivity index (χ0) is 42.1. The Labute approximate surface area is 373 Å². The van der Waals surface area contributed by atoms with Crippen LogP contribution >= 0.6 is 11.3 Å². The fraction of sp³-hybridized carbons (Fsp3) is 0. The second-order valence-electron chi connectivity index (χ2n) is 16.5. The van der Waals surface area contributed by atoms with E-state index in [4.69, 9.17) is 4.42 Å². The number of hydrogen-bond acceptors (Lipinski definition) is 3. The van der Waals surface area contributed by atoms with Gasteiger partial charge >= 0.3 is 0 Å². The summed E-state index contributed by atoms with van der Waals surface area (Å²) in [4.78, 5) is 2.36. The van der Waals surface area contributed by atoms with E-state index < -0.39 is 0 Å². The molecule has 0 radical (unpaired) electrons. The molecule has 0 aliphatic heterocycles. The molecule has 0 aliphatic rings. The SMILES string of the molecule is c1ccc(-c2cccc3c2oc2ccc(-c4ccc(N(c5ccc(-c6cccc7c6sc6ccccc67)cc5)c5ccc(-n6c7ccccc7c7ccccc76)cc5)cc4)cc23)cc1. The number of fused-ring (bicyclic) bond motifs is 9. The minimum Gasteiger partial charge on any atom is -0.455 e. The summed E-state index contributed by atoms with van der Waals surface area (Å²) in [5, 5.41) is 7.38. The van der Waals surface area contributed by atoms with E-state index in [1.807, 2.05) is 17.4 Å². The third-order valence-corrected chi connectivity index (χ3v) is 14.0. The normalized spacial score (nSPS) is 11.8. The molecule has 13 rings (SSSR count). The average molecular weight is 835 g/mol. The topological polar surface area (TPSA) is 21.3 Å². The zero-order valence-corrected chi connectivity index (χ0v) is 35.5. The summed E-state index contributed by atoms with van der Waals surface area (Å²) in [7, 11) is 0. The Morgan fingerprint density at radius 2 is 0.891 bits per heavy atom. The van der Waals surface area contributed by atoms with Gasteiger partial charge in [-0.15, -0.1) is 11.3 Å². The Bertz CT molecular complexity index is 3820. The van der Waals surface area contributed by atoms with Crippen LogP contribution in [0.1, 0.15) is 0 Å². The van der Waals surface area contributed by atoms with Gasteiger partial charge in [-0.1, -0.05) is 152 Å². The number of aromatic nitrogens is 1. The van der Waals surface area contributed by atoms with Gasteiger partial charge in [-0.3, -0.25) is 0 Å². The standard InChI is InChI=1S/C60H38N2OS/c1-2-12-40(13-3-1)47-17-10-19-52-54-38-42(28-37-57(54)63-59(47)52)39-24-29-43(30-25-39)61(44-31-26-41(27-32-44)48-18-11-20-53-51-16-6-9-23-58(51)64-60(48)53)45-33-35-46(36-34-45)62-55-21-7-4-14-49(55)50-15-5-8-22-56(50)62/h1-38H. The number of hydrogen-bond donors (Lipinski definition) is 0. The molecule has 0 amide bonds. The van der Waals surface area contributed by atoms with Gasteiger partial charge in [0.1, 0.15) is 11.2 Å². The van der Waals surface area contributed by atoms with Crippen LogP contribution in [-0.4, -0.2) is 4.57 Å². The molecule has 13 aromatic rings. The molecule has 3 heterocycles. The fourth-order valence-electron chi connectivity index (χ4n) is 9.79. The van der Waals surface area contributed by atoms with Gasteiger partial charge in [0.2, 0.25) is 0 Å². The molecule has 0 aliphatic carbocycles. The number of para-hydroxylation sites is 3. The summed E-state index contributed by atoms with van der Waals surface area (Å²) in [6, 6.07) is 83.3. The third-order valence-electron chi connectivity index (χ3n) is 12.8. The molecule has 0 saturated carbocycles. The van der Waals surface area contributed by atoms with Gasteiger partial charge < -0.3 is 13.9 Å². The molecule has 3 nitrogen and oxygen atoms in total. The van der Waals surface area contributed by atoms with Crippen molar-refractivity contribution < 1.29 is 4.42 Å². The Morgan fingerprint density at radius 3 is 1.59 bits per heavy atom. The first-order valence-corrected chi connectivity index (χ1v) is 22.6. The second kappa shape index (κ2) is 14.7. The first-order chi connectivity index (χ1) is 31.7. The summed E-state index contributed by atoms with van der Waals surface area (Å²) in [5.74, 6) is 0. The van der Waals surface area contributed by atoms with Crippen molar-refractivity contribution in [2.45, 2.75) is 0 Å². The minimum absolute atomic E-state index is 0.890. The van der Waals surface area contributed by atoms with Gasteiger partial charge in [0, 0.05) is 70.0 Å². The summed E-state index contributed by atoms with van der Waals surface area (Å²) >= 11 is 1.87. The van der Waals surface area contributed by atoms with Crippen LogP contribution < -0.4 is 4.90 Å². The Hall–Kier alpha value is -8.18. The number of anilines is 3. The van der Waals surface area contributed by atoms with E-state index in [2.05, 4.69) is 234 Å². The predicted octanol–water partition coefficient (Wildman–Crippen LogP) is 17.5. The maximum atomic E-state index is 6.52. The molecule has 300 valence electrons. The summed E-state index contributed by atoms with van der Waals surface area (Å²) < 4.78 is 11.5. The van der Waals surface area contributed by atoms with Crippen LogP contribution in [0.5, 0.6) is 0 Å². The van der Waals surface area contributed by atoms with Crippen molar-refractivity contribution in [2.24, 2.45) is 0 Å². The Kier molecular flexibility index (Phi) is 8.40. The van der Waals surface area contributed by atoms with Crippen molar-refractivity contribution in [1.82, 2.24) is 4.57 Å². The Morgan fingerprint density at radius 1 is 0.359 bits per heavy atom. The first-order valence-electron chi connectivity index (χ1n) is 21.7. The molecule has 0 bridgehead atoms. The van der Waals surface area contributed by atoms with E-state index in [0.717, 1.165) is 66.9 Å². The number of furan rings is 1. The Balaban J connectivity index is 0.900. The monoisotopic (exact) mass is 834 g/mol. The summed E-state index contributed by atoms with van der Waals surface area (Å²) in [5.41, 5.74) is 15.6. The second-order valence-corrected chi connectivity index (χ2v) is 17.5. The van der Waals surface area contributed by atoms with E-state index in [9.17, 15) is 0 Å². The molecule has 4 heteroatoms. The quantitative estimate of drug-likeness (QED) is 0.159. The highest BCUT2D eigenvalue weighted by atomic mass is 32.1. The number of nitrogens with zero attached hydrogens (tertiary/aromatic N) is 2. The van der Waals surface area contributed by atoms with Gasteiger partial charge in [0.05, 0.1) is 11.0 Å². The lowest BCUT2D eigenvalue weighted by molar-refractivity contribution is 0.670. The molecular weight excluding hydrogens is 797 g/mol. The molecule has 0 unspecified atom stereocenters. The van der Waals surface area contributed by atoms with Crippen molar-refractivity contribution in [2.75, 3.05) is 4.90 Å². The van der Waals surface area contributed by atoms with E-state index >= 15 is 0 Å². The molecule has 64 heavy (non-hydrogen) atoms. The molecule has 10 aromatic carbocycles. The van der Waals surface area contributed by atoms with Gasteiger partial charge in [-0.2, -0.15) is 0 Å². The maximum Gasteiger partial charge on any atom is 0.143 e. The smallest absolute Gasteiger partial charge is 0.143 e. The highest BCUT2D eigenvalue weighted by molar-refractivity contribution is 7.26. The molecule has 0 spiro atoms. The van der Waals surface area contributed by atoms with Crippen LogP contribution in [0.25, 0.3) is 103 Å². The zero-order valence-electron chi connectivity index (χ0n) is 34.7. The molecular formula is C60H38N2OS. The van der Waals surface area contributed by atoms with Crippen LogP contribution in [0.15, 0.2) is 235 Å². The molecule has 0 fully saturated rings. The predicted molar refractivity (Wildman–Crippen MR) is 272 cm³/mol. The fourth-order valence-corrected chi connectivity index (χ4v) is 11.0. The van der Waals surface area contributed by atoms with E-state index in [1.54, 1.807) is 0 Å². The highest BCUT2D eigenvalue weighted by Gasteiger charge is 2.18. The van der Waals surface area contributed by atoms with Crippen LogP contribution in [0, 0.1) is 0 Å². The van der Waals surface area contributed by atoms with Crippen molar-refractivity contribution >= 4 is 92.3 Å². The average Bonchev–Trinajstić information content (AvgIpc) is 4.05. The van der Waals surface area contributed by atoms with Crippen molar-refractivity contribution in [3.63, 3.8) is 0 Å². The van der Waals surface area contributed by atoms with Crippen molar-refractivity contribution in [3.8, 4) is 39.1 Å². The third kappa shape index (κ3) is 5.88. The molecule has 0 N–H and O–H groups in total. The van der Waals surface area contributed by atoms with E-state index in [0.29, 0.717) is 0 Å². The molecule has 0 atom stereocenters. The van der Waals surface area contributed by atoms with Crippen molar-refractivity contribution in [3.05, 3.63) is 231 Å². The maximum absolute atomic E-state index is 6.52. The highest BCUT2D eigenvalue weighted by Crippen LogP contribution is 2.43. The molecule has 0 saturated heterocycles. The largest absolute Gasteiger partial charge is 0.455 e. The van der Waals surface area contributed by atoms with Crippen molar-refractivity contribution in [1.29, 1.82) is 0 Å². The van der Waals surface area contributed by atoms with Gasteiger partial charge in [0.25, 0.3) is 0 Å². The van der Waals surface area contributed by atoms with Crippen LogP contribution in [0.4, 0.5) is 17.1 Å². The van der Waals surface area contributed by atoms with Gasteiger partial charge in [0.15, 0.2) is 0 Å². The lowest BCUT2D eigenvalue weighted by atomic mass is 10.00. The first kappa shape index (κ1) is 36.5. The molecule has 3 aromatic heterocycles. The van der Waals surface area contributed by atoms with Crippen LogP contribution in [0.2, 0.25) is 0 Å².